The molecule has 3 fully saturated rings. The first-order chi connectivity index (χ1) is 68.4. The van der Waals surface area contributed by atoms with E-state index in [4.69, 9.17) is 62.9 Å². The third-order valence-electron chi connectivity index (χ3n) is 25.0. The number of aryl methyl sites for hydroxylation is 3. The topological polar surface area (TPSA) is 328 Å². The number of aliphatic hydroxyl groups excluding tert-OH is 2. The van der Waals surface area contributed by atoms with E-state index >= 15 is 0 Å². The smallest absolute Gasteiger partial charge is 0.242 e. The van der Waals surface area contributed by atoms with Crippen molar-refractivity contribution in [2.45, 2.75) is 77.7 Å². The van der Waals surface area contributed by atoms with Crippen molar-refractivity contribution < 1.29 is 52.9 Å². The molecular formula is C106H123N23O11. The van der Waals surface area contributed by atoms with Crippen molar-refractivity contribution in [3.05, 3.63) is 220 Å². The van der Waals surface area contributed by atoms with Gasteiger partial charge in [0.25, 0.3) is 0 Å². The molecule has 3 aliphatic heterocycles. The number of hydrogen-bond donors (Lipinski definition) is 2. The number of benzene rings is 8. The fourth-order valence-corrected chi connectivity index (χ4v) is 17.5. The Balaban J connectivity index is 0.000000135. The molecule has 3 aliphatic rings. The van der Waals surface area contributed by atoms with Crippen LogP contribution in [0, 0.1) is 0 Å². The average Bonchev–Trinajstić information content (AvgIpc) is 1.07. The summed E-state index contributed by atoms with van der Waals surface area (Å²) in [6.07, 6.45) is 33.5. The maximum Gasteiger partial charge on any atom is 0.242 e. The highest BCUT2D eigenvalue weighted by Gasteiger charge is 2.27. The van der Waals surface area contributed by atoms with Gasteiger partial charge in [-0.15, -0.1) is 0 Å². The molecule has 8 aromatic heterocycles. The number of unbranched alkanes of at least 4 members (excludes halogenated alkanes) is 1. The average molecular weight is 1900 g/mol. The van der Waals surface area contributed by atoms with Gasteiger partial charge in [0.15, 0.2) is 0 Å². The normalized spacial score (nSPS) is 13.1. The van der Waals surface area contributed by atoms with E-state index in [1.54, 1.807) is 112 Å². The molecule has 8 aromatic carbocycles. The molecule has 11 heterocycles. The SMILES string of the molecule is CCCCN(c1cc(OC)cc(OCCO)c1)c1ccc2ncc(-c3cnn(C)c3)nc2c1.COc1cc(OC)cc(N(CC(=O)N2CCCC2)c2ccc3ncc(-c4cnn(C)c4)nc3c2)c1.COc1cc(OC)cc(N(CCCN2CCCC2)c2ccc3ncc(-c4cnn(CCO)c4)nc3c2)c1.COc1cc(OC)cc(N(CCN2CCCCC2)c2ccc3ncc(-c4cnn(C)c4)nc3c2)c1. The number of amides is 1. The van der Waals surface area contributed by atoms with E-state index in [1.807, 2.05) is 159 Å². The lowest BCUT2D eigenvalue weighted by molar-refractivity contribution is -0.128. The largest absolute Gasteiger partial charge is 0.497 e. The molecule has 0 aliphatic carbocycles. The van der Waals surface area contributed by atoms with Crippen molar-refractivity contribution in [3.8, 4) is 91.0 Å². The Morgan fingerprint density at radius 2 is 0.657 bits per heavy atom. The van der Waals surface area contributed by atoms with Gasteiger partial charge < -0.3 is 82.4 Å². The summed E-state index contributed by atoms with van der Waals surface area (Å²) >= 11 is 0. The number of carbonyl (C=O) groups excluding carboxylic acids is 1. The van der Waals surface area contributed by atoms with E-state index in [0.29, 0.717) is 29.5 Å². The molecule has 3 saturated heterocycles. The second kappa shape index (κ2) is 47.3. The van der Waals surface area contributed by atoms with Crippen LogP contribution in [0.25, 0.3) is 89.2 Å². The van der Waals surface area contributed by atoms with Gasteiger partial charge >= 0.3 is 0 Å². The highest BCUT2D eigenvalue weighted by molar-refractivity contribution is 5.90. The Morgan fingerprint density at radius 3 is 1.02 bits per heavy atom. The third-order valence-corrected chi connectivity index (χ3v) is 25.0. The van der Waals surface area contributed by atoms with Gasteiger partial charge in [0, 0.05) is 226 Å². The van der Waals surface area contributed by atoms with Crippen molar-refractivity contribution in [2.75, 3.05) is 168 Å². The van der Waals surface area contributed by atoms with E-state index in [9.17, 15) is 9.90 Å². The maximum absolute atomic E-state index is 13.2. The number of carbonyl (C=O) groups is 1. The van der Waals surface area contributed by atoms with Crippen LogP contribution in [-0.4, -0.2) is 258 Å². The van der Waals surface area contributed by atoms with Crippen molar-refractivity contribution >= 4 is 95.5 Å². The molecule has 16 aromatic rings. The standard InChI is InChI=1S/C28H34N6O3.C27H32N6O2.C26H28N6O3.C25H29N5O3/c1-36-24-14-23(15-25(17-24)37-2)34(11-5-10-32-8-3-4-9-32)22-6-7-26-27(16-22)31-28(19-29-26)21-18-30-33(20-21)12-13-35;1-31-19-20(17-29-31)27-18-28-25-8-7-21(15-26(25)30-27)33(12-11-32-9-5-4-6-10-32)22-13-23(34-2)16-24(14-22)35-3;1-30-16-18(14-28-30)25-15-27-23-7-6-19(12-24(23)29-25)32(17-26(33)31-8-4-5-9-31)20-10-21(34-2)13-22(11-20)35-3;1-4-5-8-30(20-11-21(32-3)14-22(12-20)33-10-9-31)19-6-7-23-24(13-19)28-25(16-26-23)18-15-27-29(2)17-18/h6-7,14-20,35H,3-5,8-13H2,1-2H3;7-8,13-19H,4-6,9-12H2,1-3H3;6-7,10-16H,4-5,8-9,17H2,1-3H3;6-7,11-17,31H,4-5,8-10H2,1-3H3. The number of likely N-dealkylation sites (tertiary alicyclic amines) is 3. The number of rotatable bonds is 36. The Hall–Kier alpha value is -15.1. The summed E-state index contributed by atoms with van der Waals surface area (Å²) in [5.41, 5.74) is 20.9. The number of fused-ring (bicyclic) bond motifs is 4. The zero-order chi connectivity index (χ0) is 97.4. The highest BCUT2D eigenvalue weighted by Crippen LogP contribution is 2.41. The van der Waals surface area contributed by atoms with Crippen molar-refractivity contribution in [2.24, 2.45) is 21.1 Å². The van der Waals surface area contributed by atoms with Crippen molar-refractivity contribution in [1.82, 2.24) is 93.7 Å². The molecule has 0 saturated carbocycles. The predicted molar refractivity (Wildman–Crippen MR) is 547 cm³/mol. The third kappa shape index (κ3) is 24.9. The van der Waals surface area contributed by atoms with Crippen molar-refractivity contribution in [1.29, 1.82) is 0 Å². The molecule has 0 unspecified atom stereocenters. The fraction of sp³-hybridized carbons (Fsp3) is 0.349. The molecule has 1 amide bonds. The summed E-state index contributed by atoms with van der Waals surface area (Å²) in [5, 5.41) is 35.4. The predicted octanol–water partition coefficient (Wildman–Crippen LogP) is 17.0. The van der Waals surface area contributed by atoms with E-state index in [0.717, 1.165) is 249 Å². The minimum absolute atomic E-state index is 0.0382. The fourth-order valence-electron chi connectivity index (χ4n) is 17.5. The molecule has 0 radical (unpaired) electrons. The van der Waals surface area contributed by atoms with Crippen LogP contribution >= 0.6 is 0 Å². The number of piperidine rings is 1. The van der Waals surface area contributed by atoms with Crippen LogP contribution in [0.15, 0.2) is 220 Å². The number of aliphatic hydroxyl groups is 2. The van der Waals surface area contributed by atoms with Crippen LogP contribution in [0.1, 0.15) is 71.1 Å². The number of aromatic nitrogens is 16. The summed E-state index contributed by atoms with van der Waals surface area (Å²) in [6, 6.07) is 47.8. The molecule has 2 N–H and O–H groups in total. The molecule has 0 bridgehead atoms. The van der Waals surface area contributed by atoms with Crippen LogP contribution in [0.3, 0.4) is 0 Å². The van der Waals surface area contributed by atoms with Gasteiger partial charge in [-0.1, -0.05) is 19.8 Å². The lowest BCUT2D eigenvalue weighted by Gasteiger charge is -2.31. The number of anilines is 8. The minimum atomic E-state index is -0.0469. The lowest BCUT2D eigenvalue weighted by atomic mass is 10.1. The molecule has 34 heteroatoms. The Labute approximate surface area is 815 Å². The first-order valence-electron chi connectivity index (χ1n) is 47.6. The summed E-state index contributed by atoms with van der Waals surface area (Å²) in [6.45, 7) is 13.9. The lowest BCUT2D eigenvalue weighted by Crippen LogP contribution is -2.37. The Kier molecular flexibility index (Phi) is 33.1. The maximum atomic E-state index is 13.2. The summed E-state index contributed by atoms with van der Waals surface area (Å²) in [5.74, 6) is 5.77. The van der Waals surface area contributed by atoms with E-state index in [1.165, 1.54) is 45.2 Å². The van der Waals surface area contributed by atoms with Gasteiger partial charge in [0.2, 0.25) is 5.91 Å². The Bertz CT molecular complexity index is 6760. The van der Waals surface area contributed by atoms with Crippen LogP contribution in [0.5, 0.6) is 46.0 Å². The first-order valence-corrected chi connectivity index (χ1v) is 47.6. The van der Waals surface area contributed by atoms with E-state index in [2.05, 4.69) is 120 Å². The highest BCUT2D eigenvalue weighted by atomic mass is 16.5. The molecule has 728 valence electrons. The molecule has 19 rings (SSSR count). The summed E-state index contributed by atoms with van der Waals surface area (Å²) < 4.78 is 51.4. The van der Waals surface area contributed by atoms with Gasteiger partial charge in [-0.05, 0) is 157 Å². The van der Waals surface area contributed by atoms with Crippen LogP contribution in [0.4, 0.5) is 45.5 Å². The zero-order valence-electron chi connectivity index (χ0n) is 81.5. The number of methoxy groups -OCH3 is 7. The van der Waals surface area contributed by atoms with Crippen LogP contribution < -0.4 is 57.5 Å². The molecule has 0 spiro atoms. The second-order valence-electron chi connectivity index (χ2n) is 34.6. The van der Waals surface area contributed by atoms with E-state index < -0.39 is 0 Å². The van der Waals surface area contributed by atoms with Gasteiger partial charge in [0.1, 0.15) is 59.1 Å². The van der Waals surface area contributed by atoms with Gasteiger partial charge in [-0.25, -0.2) is 19.9 Å². The number of hydrogen-bond acceptors (Lipinski definition) is 29. The summed E-state index contributed by atoms with van der Waals surface area (Å²) in [4.78, 5) is 67.0. The molecular weight excluding hydrogens is 1770 g/mol. The quantitative estimate of drug-likeness (QED) is 0.0368. The summed E-state index contributed by atoms with van der Waals surface area (Å²) in [7, 11) is 17.2. The Morgan fingerprint density at radius 1 is 0.329 bits per heavy atom. The minimum Gasteiger partial charge on any atom is -0.497 e. The van der Waals surface area contributed by atoms with Crippen LogP contribution in [0.2, 0.25) is 0 Å². The van der Waals surface area contributed by atoms with Crippen molar-refractivity contribution in [3.63, 3.8) is 0 Å². The molecule has 34 nitrogen and oxygen atoms in total. The number of ether oxygens (including phenoxy) is 8. The van der Waals surface area contributed by atoms with Gasteiger partial charge in [-0.3, -0.25) is 43.5 Å². The van der Waals surface area contributed by atoms with Gasteiger partial charge in [-0.2, -0.15) is 20.4 Å². The molecule has 0 atom stereocenters. The first kappa shape index (κ1) is 97.9. The number of nitrogens with zero attached hydrogens (tertiary/aromatic N) is 23. The zero-order valence-corrected chi connectivity index (χ0v) is 81.5. The van der Waals surface area contributed by atoms with Gasteiger partial charge in [0.05, 0.1) is 186 Å². The second-order valence-corrected chi connectivity index (χ2v) is 34.6. The molecule has 140 heavy (non-hydrogen) atoms. The van der Waals surface area contributed by atoms with E-state index in [-0.39, 0.29) is 32.3 Å². The van der Waals surface area contributed by atoms with Crippen LogP contribution in [-0.2, 0) is 32.5 Å². The monoisotopic (exact) mass is 1890 g/mol.